The zero-order valence-corrected chi connectivity index (χ0v) is 16.7. The minimum absolute atomic E-state index is 0.140. The molecular weight excluding hydrogens is 336 g/mol. The largest absolute Gasteiger partial charge is 0.0622 e. The molecule has 0 radical (unpaired) electrons. The molecule has 0 saturated heterocycles. The van der Waals surface area contributed by atoms with Gasteiger partial charge in [0, 0.05) is 5.41 Å². The topological polar surface area (TPSA) is 0 Å². The molecule has 1 unspecified atom stereocenters. The molecule has 0 spiro atoms. The third-order valence-electron chi connectivity index (χ3n) is 6.30. The van der Waals surface area contributed by atoms with E-state index in [-0.39, 0.29) is 5.41 Å². The lowest BCUT2D eigenvalue weighted by Crippen LogP contribution is -2.22. The zero-order chi connectivity index (χ0) is 19.3. The number of aryl methyl sites for hydroxylation is 2. The lowest BCUT2D eigenvalue weighted by atomic mass is 9.73. The molecule has 0 aliphatic heterocycles. The van der Waals surface area contributed by atoms with Gasteiger partial charge in [0.05, 0.1) is 0 Å². The maximum atomic E-state index is 2.41. The Morgan fingerprint density at radius 3 is 1.82 bits per heavy atom. The van der Waals surface area contributed by atoms with Gasteiger partial charge in [0.15, 0.2) is 0 Å². The van der Waals surface area contributed by atoms with Gasteiger partial charge in [-0.2, -0.15) is 0 Å². The Kier molecular flexibility index (Phi) is 3.77. The van der Waals surface area contributed by atoms with Gasteiger partial charge in [-0.3, -0.25) is 0 Å². The van der Waals surface area contributed by atoms with Crippen molar-refractivity contribution in [1.29, 1.82) is 0 Å². The van der Waals surface area contributed by atoms with E-state index in [4.69, 9.17) is 0 Å². The van der Waals surface area contributed by atoms with Gasteiger partial charge in [0.25, 0.3) is 0 Å². The summed E-state index contributed by atoms with van der Waals surface area (Å²) in [4.78, 5) is 0. The van der Waals surface area contributed by atoms with Crippen LogP contribution in [0.15, 0.2) is 91.0 Å². The maximum absolute atomic E-state index is 2.41. The summed E-state index contributed by atoms with van der Waals surface area (Å²) in [7, 11) is 0. The van der Waals surface area contributed by atoms with Crippen molar-refractivity contribution in [2.75, 3.05) is 0 Å². The van der Waals surface area contributed by atoms with Crippen LogP contribution in [0.5, 0.6) is 0 Å². The minimum Gasteiger partial charge on any atom is -0.0622 e. The monoisotopic (exact) mass is 360 g/mol. The predicted molar refractivity (Wildman–Crippen MR) is 119 cm³/mol. The lowest BCUT2D eigenvalue weighted by molar-refractivity contribution is 0.713. The maximum Gasteiger partial charge on any atom is 0.0435 e. The molecule has 1 aliphatic carbocycles. The van der Waals surface area contributed by atoms with Crippen LogP contribution < -0.4 is 0 Å². The third kappa shape index (κ3) is 2.45. The van der Waals surface area contributed by atoms with Crippen molar-refractivity contribution in [2.24, 2.45) is 0 Å². The molecule has 4 aromatic rings. The van der Waals surface area contributed by atoms with Crippen LogP contribution in [0.2, 0.25) is 0 Å². The van der Waals surface area contributed by atoms with Crippen molar-refractivity contribution in [2.45, 2.75) is 26.2 Å². The summed E-state index contributed by atoms with van der Waals surface area (Å²) in [6.07, 6.45) is 0. The van der Waals surface area contributed by atoms with Gasteiger partial charge in [0.2, 0.25) is 0 Å². The summed E-state index contributed by atoms with van der Waals surface area (Å²) in [6, 6.07) is 33.6. The number of hydrogen-bond acceptors (Lipinski definition) is 0. The van der Waals surface area contributed by atoms with Crippen LogP contribution in [0.3, 0.4) is 0 Å². The van der Waals surface area contributed by atoms with Crippen molar-refractivity contribution in [1.82, 2.24) is 0 Å². The van der Waals surface area contributed by atoms with E-state index < -0.39 is 0 Å². The molecule has 28 heavy (non-hydrogen) atoms. The molecule has 0 heteroatoms. The summed E-state index contributed by atoms with van der Waals surface area (Å²) in [5.74, 6) is 0. The van der Waals surface area contributed by atoms with Gasteiger partial charge < -0.3 is 0 Å². The standard InChI is InChI=1S/C28H24/c1-19-9-12-21(13-10-19)22-14-16-25-24-15-11-20(2)17-26(24)28(3,27(25)18-22)23-7-5-4-6-8-23/h4-18H,1-3H3. The summed E-state index contributed by atoms with van der Waals surface area (Å²) < 4.78 is 0. The van der Waals surface area contributed by atoms with Gasteiger partial charge in [-0.25, -0.2) is 0 Å². The zero-order valence-electron chi connectivity index (χ0n) is 16.7. The van der Waals surface area contributed by atoms with Crippen molar-refractivity contribution in [3.8, 4) is 22.3 Å². The van der Waals surface area contributed by atoms with E-state index in [1.165, 1.54) is 50.1 Å². The van der Waals surface area contributed by atoms with Crippen LogP contribution in [0.4, 0.5) is 0 Å². The van der Waals surface area contributed by atoms with Gasteiger partial charge in [0.1, 0.15) is 0 Å². The Balaban J connectivity index is 1.78. The molecule has 0 bridgehead atoms. The molecule has 0 N–H and O–H groups in total. The van der Waals surface area contributed by atoms with Crippen LogP contribution >= 0.6 is 0 Å². The minimum atomic E-state index is -0.140. The normalized spacial score (nSPS) is 17.2. The highest BCUT2D eigenvalue weighted by Gasteiger charge is 2.40. The average molecular weight is 361 g/mol. The summed E-state index contributed by atoms with van der Waals surface area (Å²) in [5, 5.41) is 0. The van der Waals surface area contributed by atoms with E-state index in [1.807, 2.05) is 0 Å². The summed E-state index contributed by atoms with van der Waals surface area (Å²) in [5.41, 5.74) is 11.9. The number of fused-ring (bicyclic) bond motifs is 3. The smallest absolute Gasteiger partial charge is 0.0435 e. The Morgan fingerprint density at radius 2 is 1.11 bits per heavy atom. The van der Waals surface area contributed by atoms with E-state index in [9.17, 15) is 0 Å². The van der Waals surface area contributed by atoms with Crippen molar-refractivity contribution in [3.63, 3.8) is 0 Å². The van der Waals surface area contributed by atoms with Gasteiger partial charge in [-0.15, -0.1) is 0 Å². The molecule has 136 valence electrons. The molecule has 0 heterocycles. The Labute approximate surface area is 167 Å². The van der Waals surface area contributed by atoms with E-state index >= 15 is 0 Å². The molecule has 5 rings (SSSR count). The van der Waals surface area contributed by atoms with Crippen molar-refractivity contribution < 1.29 is 0 Å². The Hall–Kier alpha value is -3.12. The van der Waals surface area contributed by atoms with Crippen LogP contribution in [-0.4, -0.2) is 0 Å². The average Bonchev–Trinajstić information content (AvgIpc) is 2.98. The summed E-state index contributed by atoms with van der Waals surface area (Å²) >= 11 is 0. The molecule has 0 saturated carbocycles. The van der Waals surface area contributed by atoms with Crippen LogP contribution in [0.25, 0.3) is 22.3 Å². The molecule has 1 aliphatic rings. The van der Waals surface area contributed by atoms with Gasteiger partial charge in [-0.1, -0.05) is 96.1 Å². The van der Waals surface area contributed by atoms with E-state index in [0.29, 0.717) is 0 Å². The second-order valence-corrected chi connectivity index (χ2v) is 8.17. The second kappa shape index (κ2) is 6.21. The molecule has 4 aromatic carbocycles. The van der Waals surface area contributed by atoms with E-state index in [1.54, 1.807) is 0 Å². The lowest BCUT2D eigenvalue weighted by Gasteiger charge is -2.29. The first-order chi connectivity index (χ1) is 13.6. The second-order valence-electron chi connectivity index (χ2n) is 8.17. The highest BCUT2D eigenvalue weighted by atomic mass is 14.4. The molecule has 0 nitrogen and oxygen atoms in total. The van der Waals surface area contributed by atoms with E-state index in [0.717, 1.165) is 0 Å². The summed E-state index contributed by atoms with van der Waals surface area (Å²) in [6.45, 7) is 6.70. The quantitative estimate of drug-likeness (QED) is 0.352. The first kappa shape index (κ1) is 17.0. The fourth-order valence-electron chi connectivity index (χ4n) is 4.65. The first-order valence-electron chi connectivity index (χ1n) is 9.96. The fraction of sp³-hybridized carbons (Fsp3) is 0.143. The number of rotatable bonds is 2. The first-order valence-corrected chi connectivity index (χ1v) is 9.96. The molecular formula is C28H24. The van der Waals surface area contributed by atoms with Crippen LogP contribution in [0.1, 0.15) is 34.7 Å². The molecule has 0 aromatic heterocycles. The van der Waals surface area contributed by atoms with Crippen LogP contribution in [0, 0.1) is 13.8 Å². The van der Waals surface area contributed by atoms with Gasteiger partial charge in [-0.05, 0) is 65.8 Å². The third-order valence-corrected chi connectivity index (χ3v) is 6.30. The molecule has 1 atom stereocenters. The Bertz CT molecular complexity index is 1170. The van der Waals surface area contributed by atoms with Crippen molar-refractivity contribution in [3.05, 3.63) is 119 Å². The molecule has 0 amide bonds. The predicted octanol–water partition coefficient (Wildman–Crippen LogP) is 7.31. The van der Waals surface area contributed by atoms with Gasteiger partial charge >= 0.3 is 0 Å². The van der Waals surface area contributed by atoms with Crippen molar-refractivity contribution >= 4 is 0 Å². The Morgan fingerprint density at radius 1 is 0.536 bits per heavy atom. The highest BCUT2D eigenvalue weighted by molar-refractivity contribution is 5.85. The fourth-order valence-corrected chi connectivity index (χ4v) is 4.65. The molecule has 0 fully saturated rings. The van der Waals surface area contributed by atoms with Crippen LogP contribution in [-0.2, 0) is 5.41 Å². The highest BCUT2D eigenvalue weighted by Crippen LogP contribution is 2.53. The number of benzene rings is 4. The van der Waals surface area contributed by atoms with E-state index in [2.05, 4.69) is 112 Å². The SMILES string of the molecule is Cc1ccc(-c2ccc3c(c2)C(C)(c2ccccc2)c2cc(C)ccc2-3)cc1. The number of hydrogen-bond donors (Lipinski definition) is 0.